The molecule has 174 valence electrons. The molecule has 1 aliphatic heterocycles. The summed E-state index contributed by atoms with van der Waals surface area (Å²) in [5.41, 5.74) is 4.36. The van der Waals surface area contributed by atoms with Crippen molar-refractivity contribution in [2.45, 2.75) is 32.5 Å². The molecule has 4 heterocycles. The molecule has 1 aliphatic rings. The number of hydrogen-bond donors (Lipinski definition) is 1. The third-order valence-electron chi connectivity index (χ3n) is 6.04. The Morgan fingerprint density at radius 3 is 2.74 bits per heavy atom. The van der Waals surface area contributed by atoms with Crippen LogP contribution >= 0.6 is 0 Å². The summed E-state index contributed by atoms with van der Waals surface area (Å²) in [7, 11) is 1.69. The number of fused-ring (bicyclic) bond motifs is 1. The number of pyridine rings is 1. The summed E-state index contributed by atoms with van der Waals surface area (Å²) in [6.45, 7) is 4.38. The third kappa shape index (κ3) is 5.23. The first-order valence-corrected chi connectivity index (χ1v) is 11.6. The smallest absolute Gasteiger partial charge is 0.180 e. The quantitative estimate of drug-likeness (QED) is 0.385. The van der Waals surface area contributed by atoms with E-state index in [-0.39, 0.29) is 0 Å². The molecule has 1 N–H and O–H groups in total. The van der Waals surface area contributed by atoms with Crippen molar-refractivity contribution in [1.82, 2.24) is 29.4 Å². The number of anilines is 1. The molecule has 0 atom stereocenters. The molecular formula is C26H29N7O. The van der Waals surface area contributed by atoms with Crippen LogP contribution in [0.2, 0.25) is 0 Å². The largest absolute Gasteiger partial charge is 0.497 e. The number of aromatic nitrogens is 5. The highest BCUT2D eigenvalue weighted by molar-refractivity contribution is 5.57. The molecule has 0 saturated carbocycles. The van der Waals surface area contributed by atoms with Crippen LogP contribution in [0.3, 0.4) is 0 Å². The van der Waals surface area contributed by atoms with E-state index in [4.69, 9.17) is 14.7 Å². The molecule has 8 heteroatoms. The van der Waals surface area contributed by atoms with E-state index in [1.54, 1.807) is 13.3 Å². The molecule has 0 amide bonds. The highest BCUT2D eigenvalue weighted by atomic mass is 16.5. The molecule has 0 unspecified atom stereocenters. The number of imidazole rings is 1. The summed E-state index contributed by atoms with van der Waals surface area (Å²) in [6, 6.07) is 14.1. The minimum absolute atomic E-state index is 0.681. The first-order chi connectivity index (χ1) is 16.8. The molecule has 34 heavy (non-hydrogen) atoms. The zero-order valence-corrected chi connectivity index (χ0v) is 19.4. The number of rotatable bonds is 9. The van der Waals surface area contributed by atoms with Gasteiger partial charge in [0.15, 0.2) is 5.82 Å². The molecule has 0 spiro atoms. The number of methoxy groups -OCH3 is 1. The first kappa shape index (κ1) is 22.0. The van der Waals surface area contributed by atoms with Crippen LogP contribution in [0.1, 0.15) is 23.2 Å². The van der Waals surface area contributed by atoms with Gasteiger partial charge in [-0.1, -0.05) is 18.2 Å². The molecular weight excluding hydrogens is 426 g/mol. The maximum Gasteiger partial charge on any atom is 0.180 e. The van der Waals surface area contributed by atoms with Crippen molar-refractivity contribution in [2.75, 3.05) is 25.5 Å². The van der Waals surface area contributed by atoms with Crippen molar-refractivity contribution >= 4 is 5.82 Å². The number of aryl methyl sites for hydroxylation is 1. The van der Waals surface area contributed by atoms with E-state index in [1.807, 2.05) is 49.1 Å². The van der Waals surface area contributed by atoms with Crippen LogP contribution in [0.15, 0.2) is 67.4 Å². The van der Waals surface area contributed by atoms with Gasteiger partial charge in [0.25, 0.3) is 0 Å². The fourth-order valence-corrected chi connectivity index (χ4v) is 4.24. The molecule has 0 saturated heterocycles. The van der Waals surface area contributed by atoms with Crippen LogP contribution in [0.25, 0.3) is 11.5 Å². The van der Waals surface area contributed by atoms with Gasteiger partial charge in [0, 0.05) is 63.3 Å². The van der Waals surface area contributed by atoms with E-state index in [0.717, 1.165) is 68.5 Å². The summed E-state index contributed by atoms with van der Waals surface area (Å²) < 4.78 is 7.38. The highest BCUT2D eigenvalue weighted by Gasteiger charge is 2.23. The Kier molecular flexibility index (Phi) is 6.76. The Balaban J connectivity index is 1.34. The molecule has 5 rings (SSSR count). The Labute approximate surface area is 199 Å². The van der Waals surface area contributed by atoms with Crippen LogP contribution in [-0.2, 0) is 26.1 Å². The number of benzene rings is 1. The van der Waals surface area contributed by atoms with E-state index < -0.39 is 0 Å². The van der Waals surface area contributed by atoms with Crippen LogP contribution in [-0.4, -0.2) is 49.6 Å². The minimum Gasteiger partial charge on any atom is -0.497 e. The van der Waals surface area contributed by atoms with Crippen LogP contribution in [0, 0.1) is 0 Å². The minimum atomic E-state index is 0.681. The Hall–Kier alpha value is -3.78. The Bertz CT molecular complexity index is 1190. The number of nitrogens with one attached hydrogen (secondary N) is 1. The van der Waals surface area contributed by atoms with Gasteiger partial charge in [-0.15, -0.1) is 0 Å². The topological polar surface area (TPSA) is 81.0 Å². The van der Waals surface area contributed by atoms with Gasteiger partial charge < -0.3 is 14.6 Å². The summed E-state index contributed by atoms with van der Waals surface area (Å²) in [5, 5.41) is 3.59. The van der Waals surface area contributed by atoms with E-state index in [1.165, 1.54) is 11.1 Å². The third-order valence-corrected chi connectivity index (χ3v) is 6.04. The summed E-state index contributed by atoms with van der Waals surface area (Å²) in [4.78, 5) is 20.9. The maximum absolute atomic E-state index is 5.29. The van der Waals surface area contributed by atoms with Crippen LogP contribution in [0.4, 0.5) is 5.82 Å². The lowest BCUT2D eigenvalue weighted by atomic mass is 10.0. The second-order valence-electron chi connectivity index (χ2n) is 8.43. The SMILES string of the molecule is COc1ccc(CN2CCc3nc(-c4ccccn4)nc(NCCCn4ccnc4)c3C2)cc1. The van der Waals surface area contributed by atoms with Gasteiger partial charge in [-0.05, 0) is 36.2 Å². The number of hydrogen-bond acceptors (Lipinski definition) is 7. The molecule has 0 aliphatic carbocycles. The molecule has 0 radical (unpaired) electrons. The van der Waals surface area contributed by atoms with Crippen LogP contribution < -0.4 is 10.1 Å². The lowest BCUT2D eigenvalue weighted by Crippen LogP contribution is -2.32. The predicted molar refractivity (Wildman–Crippen MR) is 131 cm³/mol. The van der Waals surface area contributed by atoms with Gasteiger partial charge in [-0.2, -0.15) is 0 Å². The van der Waals surface area contributed by atoms with Gasteiger partial charge in [0.05, 0.1) is 19.1 Å². The van der Waals surface area contributed by atoms with Gasteiger partial charge in [-0.25, -0.2) is 15.0 Å². The lowest BCUT2D eigenvalue weighted by Gasteiger charge is -2.30. The molecule has 3 aromatic heterocycles. The van der Waals surface area contributed by atoms with Crippen LogP contribution in [0.5, 0.6) is 5.75 Å². The van der Waals surface area contributed by atoms with Gasteiger partial charge in [0.2, 0.25) is 0 Å². The normalized spacial score (nSPS) is 13.4. The van der Waals surface area contributed by atoms with Gasteiger partial charge >= 0.3 is 0 Å². The Morgan fingerprint density at radius 1 is 1.06 bits per heavy atom. The second-order valence-corrected chi connectivity index (χ2v) is 8.43. The fraction of sp³-hybridized carbons (Fsp3) is 0.308. The molecule has 8 nitrogen and oxygen atoms in total. The van der Waals surface area contributed by atoms with E-state index in [9.17, 15) is 0 Å². The molecule has 0 fully saturated rings. The zero-order valence-electron chi connectivity index (χ0n) is 19.4. The van der Waals surface area contributed by atoms with Crippen molar-refractivity contribution in [3.05, 3.63) is 84.2 Å². The maximum atomic E-state index is 5.29. The standard InChI is InChI=1S/C26H29N7O/c1-34-21-8-6-20(7-9-21)17-33-15-10-23-22(18-33)25(29-12-4-14-32-16-13-27-19-32)31-26(30-23)24-5-2-3-11-28-24/h2-3,5-9,11,13,16,19H,4,10,12,14-15,17-18H2,1H3,(H,29,30,31). The summed E-state index contributed by atoms with van der Waals surface area (Å²) in [6.07, 6.45) is 9.30. The van der Waals surface area contributed by atoms with Crippen molar-refractivity contribution < 1.29 is 4.74 Å². The summed E-state index contributed by atoms with van der Waals surface area (Å²) >= 11 is 0. The summed E-state index contributed by atoms with van der Waals surface area (Å²) in [5.74, 6) is 2.47. The molecule has 4 aromatic rings. The van der Waals surface area contributed by atoms with Crippen molar-refractivity contribution in [3.8, 4) is 17.3 Å². The number of nitrogens with zero attached hydrogens (tertiary/aromatic N) is 6. The van der Waals surface area contributed by atoms with Crippen molar-refractivity contribution in [2.24, 2.45) is 0 Å². The average molecular weight is 456 g/mol. The first-order valence-electron chi connectivity index (χ1n) is 11.6. The highest BCUT2D eigenvalue weighted by Crippen LogP contribution is 2.28. The number of ether oxygens (including phenoxy) is 1. The van der Waals surface area contributed by atoms with E-state index >= 15 is 0 Å². The fourth-order valence-electron chi connectivity index (χ4n) is 4.24. The van der Waals surface area contributed by atoms with Gasteiger partial charge in [0.1, 0.15) is 17.3 Å². The van der Waals surface area contributed by atoms with E-state index in [2.05, 4.69) is 36.9 Å². The Morgan fingerprint density at radius 2 is 1.97 bits per heavy atom. The zero-order chi connectivity index (χ0) is 23.2. The molecule has 1 aromatic carbocycles. The monoisotopic (exact) mass is 455 g/mol. The van der Waals surface area contributed by atoms with Crippen molar-refractivity contribution in [1.29, 1.82) is 0 Å². The van der Waals surface area contributed by atoms with E-state index in [0.29, 0.717) is 5.82 Å². The van der Waals surface area contributed by atoms with Gasteiger partial charge in [-0.3, -0.25) is 9.88 Å². The van der Waals surface area contributed by atoms with Crippen molar-refractivity contribution in [3.63, 3.8) is 0 Å². The second kappa shape index (κ2) is 10.4. The average Bonchev–Trinajstić information content (AvgIpc) is 3.41. The predicted octanol–water partition coefficient (Wildman–Crippen LogP) is 3.80. The lowest BCUT2D eigenvalue weighted by molar-refractivity contribution is 0.243. The molecule has 0 bridgehead atoms.